The van der Waals surface area contributed by atoms with Crippen LogP contribution in [0.1, 0.15) is 50.3 Å². The van der Waals surface area contributed by atoms with Gasteiger partial charge in [0.2, 0.25) is 5.91 Å². The summed E-state index contributed by atoms with van der Waals surface area (Å²) in [6.45, 7) is 4.20. The molecule has 2 saturated heterocycles. The van der Waals surface area contributed by atoms with Gasteiger partial charge in [-0.15, -0.1) is 0 Å². The summed E-state index contributed by atoms with van der Waals surface area (Å²) in [5.41, 5.74) is 0.397. The Bertz CT molecular complexity index is 584. The van der Waals surface area contributed by atoms with Crippen LogP contribution in [0, 0.1) is 12.3 Å². The Balaban J connectivity index is 1.95. The third-order valence-corrected chi connectivity index (χ3v) is 5.10. The van der Waals surface area contributed by atoms with E-state index in [-0.39, 0.29) is 18.5 Å². The van der Waals surface area contributed by atoms with E-state index >= 15 is 0 Å². The molecule has 0 saturated carbocycles. The minimum absolute atomic E-state index is 0.0705. The molecule has 1 amide bonds. The molecule has 3 heterocycles. The zero-order chi connectivity index (χ0) is 15.4. The zero-order valence-corrected chi connectivity index (χ0v) is 12.6. The third-order valence-electron chi connectivity index (χ3n) is 5.10. The second-order valence-corrected chi connectivity index (χ2v) is 6.68. The van der Waals surface area contributed by atoms with Crippen LogP contribution in [-0.4, -0.2) is 27.8 Å². The second kappa shape index (κ2) is 4.49. The second-order valence-electron chi connectivity index (χ2n) is 6.68. The fraction of sp³-hybridized carbons (Fsp3) is 0.625. The Morgan fingerprint density at radius 2 is 2.10 bits per heavy atom. The number of aryl methyl sites for hydroxylation is 1. The summed E-state index contributed by atoms with van der Waals surface area (Å²) in [4.78, 5) is 18.5. The summed E-state index contributed by atoms with van der Waals surface area (Å²) in [5.74, 6) is -3.41. The van der Waals surface area contributed by atoms with Gasteiger partial charge in [-0.05, 0) is 44.2 Å². The molecule has 2 aliphatic rings. The molecule has 1 aromatic heterocycles. The number of hydrogen-bond donors (Lipinski definition) is 0. The molecule has 3 rings (SSSR count). The molecule has 0 aliphatic carbocycles. The highest BCUT2D eigenvalue weighted by atomic mass is 19.3. The lowest BCUT2D eigenvalue weighted by atomic mass is 9.80. The smallest absolute Gasteiger partial charge is 0.259 e. The lowest BCUT2D eigenvalue weighted by Crippen LogP contribution is -2.44. The summed E-state index contributed by atoms with van der Waals surface area (Å²) in [7, 11) is 0. The normalized spacial score (nSPS) is 32.6. The topological polar surface area (TPSA) is 33.2 Å². The van der Waals surface area contributed by atoms with Crippen molar-refractivity contribution in [3.63, 3.8) is 0 Å². The summed E-state index contributed by atoms with van der Waals surface area (Å²) < 4.78 is 27.8. The average molecular weight is 294 g/mol. The lowest BCUT2D eigenvalue weighted by molar-refractivity contribution is -0.156. The SMILES string of the molecule is Cc1cncc(C2CC[C@@H]3CC(C)(C(C)(F)F)C(=O)N23)c1. The van der Waals surface area contributed by atoms with Crippen molar-refractivity contribution in [1.29, 1.82) is 0 Å². The predicted octanol–water partition coefficient (Wildman–Crippen LogP) is 3.49. The summed E-state index contributed by atoms with van der Waals surface area (Å²) >= 11 is 0. The van der Waals surface area contributed by atoms with Gasteiger partial charge in [-0.1, -0.05) is 6.07 Å². The van der Waals surface area contributed by atoms with Gasteiger partial charge < -0.3 is 4.90 Å². The number of pyridine rings is 1. The number of rotatable bonds is 2. The molecule has 5 heteroatoms. The first-order chi connectivity index (χ1) is 9.74. The van der Waals surface area contributed by atoms with E-state index in [1.807, 2.05) is 13.0 Å². The molecule has 0 bridgehead atoms. The van der Waals surface area contributed by atoms with Crippen LogP contribution in [0.3, 0.4) is 0 Å². The van der Waals surface area contributed by atoms with Gasteiger partial charge in [-0.25, -0.2) is 8.78 Å². The number of halogens is 2. The third kappa shape index (κ3) is 2.05. The minimum atomic E-state index is -3.00. The number of carbonyl (C=O) groups excluding carboxylic acids is 1. The van der Waals surface area contributed by atoms with E-state index in [1.165, 1.54) is 6.92 Å². The molecule has 1 aromatic rings. The van der Waals surface area contributed by atoms with Crippen molar-refractivity contribution < 1.29 is 13.6 Å². The Hall–Kier alpha value is -1.52. The van der Waals surface area contributed by atoms with Gasteiger partial charge in [0.25, 0.3) is 5.92 Å². The highest BCUT2D eigenvalue weighted by molar-refractivity contribution is 5.87. The molecule has 2 fully saturated rings. The number of carbonyl (C=O) groups is 1. The van der Waals surface area contributed by atoms with Crippen molar-refractivity contribution in [3.05, 3.63) is 29.6 Å². The molecule has 2 unspecified atom stereocenters. The fourth-order valence-electron chi connectivity index (χ4n) is 3.69. The number of nitrogens with zero attached hydrogens (tertiary/aromatic N) is 2. The first kappa shape index (κ1) is 14.4. The van der Waals surface area contributed by atoms with E-state index in [4.69, 9.17) is 0 Å². The highest BCUT2D eigenvalue weighted by Crippen LogP contribution is 2.54. The van der Waals surface area contributed by atoms with E-state index in [9.17, 15) is 13.6 Å². The molecular formula is C16H20F2N2O. The summed E-state index contributed by atoms with van der Waals surface area (Å²) in [5, 5.41) is 0. The van der Waals surface area contributed by atoms with E-state index in [0.29, 0.717) is 0 Å². The average Bonchev–Trinajstić information content (AvgIpc) is 2.89. The predicted molar refractivity (Wildman–Crippen MR) is 74.9 cm³/mol. The van der Waals surface area contributed by atoms with Crippen molar-refractivity contribution in [2.24, 2.45) is 5.41 Å². The van der Waals surface area contributed by atoms with Crippen molar-refractivity contribution in [3.8, 4) is 0 Å². The van der Waals surface area contributed by atoms with Gasteiger partial charge in [-0.2, -0.15) is 0 Å². The molecule has 3 nitrogen and oxygen atoms in total. The Morgan fingerprint density at radius 1 is 1.38 bits per heavy atom. The van der Waals surface area contributed by atoms with Crippen LogP contribution in [0.15, 0.2) is 18.5 Å². The first-order valence-electron chi connectivity index (χ1n) is 7.36. The van der Waals surface area contributed by atoms with E-state index < -0.39 is 17.2 Å². The van der Waals surface area contributed by atoms with Gasteiger partial charge >= 0.3 is 0 Å². The van der Waals surface area contributed by atoms with Crippen LogP contribution in [0.4, 0.5) is 8.78 Å². The highest BCUT2D eigenvalue weighted by Gasteiger charge is 2.62. The molecule has 0 spiro atoms. The molecular weight excluding hydrogens is 274 g/mol. The van der Waals surface area contributed by atoms with Crippen molar-refractivity contribution in [2.75, 3.05) is 0 Å². The lowest BCUT2D eigenvalue weighted by Gasteiger charge is -2.31. The quantitative estimate of drug-likeness (QED) is 0.836. The molecule has 0 N–H and O–H groups in total. The van der Waals surface area contributed by atoms with Crippen LogP contribution in [0.5, 0.6) is 0 Å². The first-order valence-corrected chi connectivity index (χ1v) is 7.36. The van der Waals surface area contributed by atoms with Crippen molar-refractivity contribution in [2.45, 2.75) is 58.0 Å². The monoisotopic (exact) mass is 294 g/mol. The molecule has 3 atom stereocenters. The molecule has 114 valence electrons. The van der Waals surface area contributed by atoms with Gasteiger partial charge in [0.05, 0.1) is 6.04 Å². The van der Waals surface area contributed by atoms with E-state index in [1.54, 1.807) is 17.3 Å². The molecule has 21 heavy (non-hydrogen) atoms. The van der Waals surface area contributed by atoms with Crippen LogP contribution in [0.25, 0.3) is 0 Å². The number of alkyl halides is 2. The van der Waals surface area contributed by atoms with Crippen LogP contribution in [0.2, 0.25) is 0 Å². The van der Waals surface area contributed by atoms with Gasteiger partial charge in [0, 0.05) is 25.4 Å². The zero-order valence-electron chi connectivity index (χ0n) is 12.6. The summed E-state index contributed by atoms with van der Waals surface area (Å²) in [6.07, 6.45) is 5.35. The maximum absolute atomic E-state index is 13.9. The number of aromatic nitrogens is 1. The minimum Gasteiger partial charge on any atom is -0.332 e. The maximum atomic E-state index is 13.9. The standard InChI is InChI=1S/C16H20F2N2O/c1-10-6-11(9-19-8-10)13-5-4-12-7-15(2,16(3,17)18)14(21)20(12)13/h6,8-9,12-13H,4-5,7H2,1-3H3/t12-,13?,15?/m1/s1. The Labute approximate surface area is 123 Å². The maximum Gasteiger partial charge on any atom is 0.259 e. The number of hydrogen-bond acceptors (Lipinski definition) is 2. The molecule has 0 radical (unpaired) electrons. The number of amides is 1. The number of fused-ring (bicyclic) bond motifs is 1. The fourth-order valence-corrected chi connectivity index (χ4v) is 3.69. The van der Waals surface area contributed by atoms with Crippen LogP contribution in [-0.2, 0) is 4.79 Å². The molecule has 0 aromatic carbocycles. The van der Waals surface area contributed by atoms with E-state index in [0.717, 1.165) is 30.9 Å². The van der Waals surface area contributed by atoms with Crippen LogP contribution < -0.4 is 0 Å². The van der Waals surface area contributed by atoms with Crippen molar-refractivity contribution in [1.82, 2.24) is 9.88 Å². The Morgan fingerprint density at radius 3 is 2.71 bits per heavy atom. The Kier molecular flexibility index (Phi) is 3.08. The van der Waals surface area contributed by atoms with Gasteiger partial charge in [0.1, 0.15) is 5.41 Å². The largest absolute Gasteiger partial charge is 0.332 e. The van der Waals surface area contributed by atoms with Gasteiger partial charge in [-0.3, -0.25) is 9.78 Å². The summed E-state index contributed by atoms with van der Waals surface area (Å²) in [6, 6.07) is 1.81. The van der Waals surface area contributed by atoms with Gasteiger partial charge in [0.15, 0.2) is 0 Å². The van der Waals surface area contributed by atoms with Crippen LogP contribution >= 0.6 is 0 Å². The van der Waals surface area contributed by atoms with E-state index in [2.05, 4.69) is 4.98 Å². The van der Waals surface area contributed by atoms with Crippen molar-refractivity contribution >= 4 is 5.91 Å². The molecule has 2 aliphatic heterocycles.